The van der Waals surface area contributed by atoms with Crippen LogP contribution in [0.1, 0.15) is 12.7 Å². The van der Waals surface area contributed by atoms with Crippen LogP contribution >= 0.6 is 0 Å². The molecule has 0 unspecified atom stereocenters. The summed E-state index contributed by atoms with van der Waals surface area (Å²) in [5.74, 6) is 1.55. The fraction of sp³-hybridized carbons (Fsp3) is 0.273. The number of nitrogen functional groups attached to an aromatic ring is 1. The maximum absolute atomic E-state index is 5.65. The monoisotopic (exact) mass is 218 g/mol. The number of aromatic nitrogens is 3. The number of anilines is 1. The molecule has 0 aliphatic carbocycles. The van der Waals surface area contributed by atoms with E-state index in [1.807, 2.05) is 29.7 Å². The third-order valence-electron chi connectivity index (χ3n) is 2.26. The Kier molecular flexibility index (Phi) is 3.05. The van der Waals surface area contributed by atoms with Crippen molar-refractivity contribution in [3.05, 3.63) is 36.4 Å². The molecular formula is C11H14N4O. The zero-order valence-electron chi connectivity index (χ0n) is 9.13. The Morgan fingerprint density at radius 3 is 3.06 bits per heavy atom. The quantitative estimate of drug-likeness (QED) is 0.789. The minimum Gasteiger partial charge on any atom is -0.486 e. The van der Waals surface area contributed by atoms with Crippen molar-refractivity contribution in [3.8, 4) is 5.75 Å². The highest BCUT2D eigenvalue weighted by Gasteiger charge is 2.03. The molecule has 0 saturated carbocycles. The van der Waals surface area contributed by atoms with Gasteiger partial charge < -0.3 is 15.0 Å². The molecule has 16 heavy (non-hydrogen) atoms. The lowest BCUT2D eigenvalue weighted by atomic mass is 10.3. The highest BCUT2D eigenvalue weighted by molar-refractivity contribution is 5.43. The van der Waals surface area contributed by atoms with Crippen molar-refractivity contribution >= 4 is 5.69 Å². The van der Waals surface area contributed by atoms with Crippen LogP contribution in [0, 0.1) is 0 Å². The molecule has 5 nitrogen and oxygen atoms in total. The summed E-state index contributed by atoms with van der Waals surface area (Å²) in [5.41, 5.74) is 6.34. The Bertz CT molecular complexity index is 467. The lowest BCUT2D eigenvalue weighted by Gasteiger charge is -2.06. The van der Waals surface area contributed by atoms with Crippen molar-refractivity contribution in [2.45, 2.75) is 20.1 Å². The van der Waals surface area contributed by atoms with Gasteiger partial charge in [-0.1, -0.05) is 6.07 Å². The molecule has 0 aliphatic rings. The van der Waals surface area contributed by atoms with Gasteiger partial charge in [0.25, 0.3) is 0 Å². The zero-order chi connectivity index (χ0) is 11.4. The number of benzene rings is 1. The van der Waals surface area contributed by atoms with E-state index in [4.69, 9.17) is 10.5 Å². The summed E-state index contributed by atoms with van der Waals surface area (Å²) < 4.78 is 7.51. The van der Waals surface area contributed by atoms with Gasteiger partial charge in [0.1, 0.15) is 18.7 Å². The first-order valence-electron chi connectivity index (χ1n) is 5.14. The van der Waals surface area contributed by atoms with E-state index in [0.29, 0.717) is 12.3 Å². The van der Waals surface area contributed by atoms with Crippen LogP contribution in [-0.4, -0.2) is 14.8 Å². The third kappa shape index (κ3) is 2.31. The van der Waals surface area contributed by atoms with E-state index in [9.17, 15) is 0 Å². The van der Waals surface area contributed by atoms with E-state index in [2.05, 4.69) is 10.2 Å². The van der Waals surface area contributed by atoms with Crippen molar-refractivity contribution in [2.75, 3.05) is 5.73 Å². The van der Waals surface area contributed by atoms with Crippen molar-refractivity contribution in [2.24, 2.45) is 0 Å². The van der Waals surface area contributed by atoms with Gasteiger partial charge in [0.2, 0.25) is 0 Å². The summed E-state index contributed by atoms with van der Waals surface area (Å²) in [6.45, 7) is 3.27. The number of aryl methyl sites for hydroxylation is 1. The molecule has 84 valence electrons. The minimum atomic E-state index is 0.400. The lowest BCUT2D eigenvalue weighted by Crippen LogP contribution is -2.05. The predicted molar refractivity (Wildman–Crippen MR) is 60.9 cm³/mol. The first-order valence-corrected chi connectivity index (χ1v) is 5.14. The van der Waals surface area contributed by atoms with Gasteiger partial charge in [0.05, 0.1) is 0 Å². The number of hydrogen-bond acceptors (Lipinski definition) is 4. The van der Waals surface area contributed by atoms with Gasteiger partial charge >= 0.3 is 0 Å². The maximum atomic E-state index is 5.65. The molecule has 0 bridgehead atoms. The average Bonchev–Trinajstić information content (AvgIpc) is 2.74. The van der Waals surface area contributed by atoms with Crippen molar-refractivity contribution in [3.63, 3.8) is 0 Å². The highest BCUT2D eigenvalue weighted by Crippen LogP contribution is 2.15. The first kappa shape index (κ1) is 10.5. The van der Waals surface area contributed by atoms with Crippen LogP contribution in [0.25, 0.3) is 0 Å². The largest absolute Gasteiger partial charge is 0.486 e. The molecule has 1 aromatic carbocycles. The number of ether oxygens (including phenoxy) is 1. The van der Waals surface area contributed by atoms with Crippen LogP contribution in [0.5, 0.6) is 5.75 Å². The van der Waals surface area contributed by atoms with E-state index in [1.54, 1.807) is 12.4 Å². The SMILES string of the molecule is CCn1cnnc1COc1cccc(N)c1. The van der Waals surface area contributed by atoms with Gasteiger partial charge in [-0.15, -0.1) is 10.2 Å². The van der Waals surface area contributed by atoms with Gasteiger partial charge in [-0.25, -0.2) is 0 Å². The summed E-state index contributed by atoms with van der Waals surface area (Å²) in [5, 5.41) is 7.81. The number of nitrogens with two attached hydrogens (primary N) is 1. The number of nitrogens with zero attached hydrogens (tertiary/aromatic N) is 3. The van der Waals surface area contributed by atoms with E-state index in [0.717, 1.165) is 18.1 Å². The topological polar surface area (TPSA) is 66.0 Å². The lowest BCUT2D eigenvalue weighted by molar-refractivity contribution is 0.289. The van der Waals surface area contributed by atoms with Crippen LogP contribution < -0.4 is 10.5 Å². The molecular weight excluding hydrogens is 204 g/mol. The Balaban J connectivity index is 2.02. The van der Waals surface area contributed by atoms with E-state index in [-0.39, 0.29) is 0 Å². The van der Waals surface area contributed by atoms with Crippen LogP contribution in [0.15, 0.2) is 30.6 Å². The van der Waals surface area contributed by atoms with Gasteiger partial charge in [-0.3, -0.25) is 0 Å². The Morgan fingerprint density at radius 1 is 1.44 bits per heavy atom. The summed E-state index contributed by atoms with van der Waals surface area (Å²) in [4.78, 5) is 0. The number of rotatable bonds is 4. The summed E-state index contributed by atoms with van der Waals surface area (Å²) in [6.07, 6.45) is 1.69. The summed E-state index contributed by atoms with van der Waals surface area (Å²) in [7, 11) is 0. The fourth-order valence-corrected chi connectivity index (χ4v) is 1.41. The molecule has 1 heterocycles. The standard InChI is InChI=1S/C11H14N4O/c1-2-15-8-13-14-11(15)7-16-10-5-3-4-9(12)6-10/h3-6,8H,2,7,12H2,1H3. The zero-order valence-corrected chi connectivity index (χ0v) is 9.13. The van der Waals surface area contributed by atoms with Crippen molar-refractivity contribution in [1.29, 1.82) is 0 Å². The second-order valence-electron chi connectivity index (χ2n) is 3.39. The van der Waals surface area contributed by atoms with Gasteiger partial charge in [-0.2, -0.15) is 0 Å². The average molecular weight is 218 g/mol. The van der Waals surface area contributed by atoms with Crippen molar-refractivity contribution < 1.29 is 4.74 Å². The molecule has 0 aliphatic heterocycles. The van der Waals surface area contributed by atoms with Gasteiger partial charge in [0.15, 0.2) is 5.82 Å². The van der Waals surface area contributed by atoms with Crippen LogP contribution in [0.3, 0.4) is 0 Å². The molecule has 2 N–H and O–H groups in total. The second-order valence-corrected chi connectivity index (χ2v) is 3.39. The highest BCUT2D eigenvalue weighted by atomic mass is 16.5. The molecule has 0 fully saturated rings. The molecule has 2 rings (SSSR count). The third-order valence-corrected chi connectivity index (χ3v) is 2.26. The smallest absolute Gasteiger partial charge is 0.170 e. The van der Waals surface area contributed by atoms with E-state index < -0.39 is 0 Å². The molecule has 2 aromatic rings. The van der Waals surface area contributed by atoms with E-state index in [1.165, 1.54) is 0 Å². The normalized spacial score (nSPS) is 10.3. The summed E-state index contributed by atoms with van der Waals surface area (Å²) >= 11 is 0. The molecule has 0 radical (unpaired) electrons. The van der Waals surface area contributed by atoms with Crippen molar-refractivity contribution in [1.82, 2.24) is 14.8 Å². The summed E-state index contributed by atoms with van der Waals surface area (Å²) in [6, 6.07) is 7.33. The van der Waals surface area contributed by atoms with E-state index >= 15 is 0 Å². The predicted octanol–water partition coefficient (Wildman–Crippen LogP) is 1.46. The molecule has 0 amide bonds. The molecule has 1 aromatic heterocycles. The second kappa shape index (κ2) is 4.65. The molecule has 0 saturated heterocycles. The fourth-order valence-electron chi connectivity index (χ4n) is 1.41. The maximum Gasteiger partial charge on any atom is 0.170 e. The molecule has 5 heteroatoms. The Hall–Kier alpha value is -2.04. The van der Waals surface area contributed by atoms with Crippen LogP contribution in [0.4, 0.5) is 5.69 Å². The number of hydrogen-bond donors (Lipinski definition) is 1. The van der Waals surface area contributed by atoms with Crippen LogP contribution in [0.2, 0.25) is 0 Å². The van der Waals surface area contributed by atoms with Crippen LogP contribution in [-0.2, 0) is 13.2 Å². The Labute approximate surface area is 93.9 Å². The molecule has 0 spiro atoms. The first-order chi connectivity index (χ1) is 7.79. The minimum absolute atomic E-state index is 0.400. The van der Waals surface area contributed by atoms with Gasteiger partial charge in [-0.05, 0) is 19.1 Å². The van der Waals surface area contributed by atoms with Gasteiger partial charge in [0, 0.05) is 18.3 Å². The Morgan fingerprint density at radius 2 is 2.31 bits per heavy atom. The molecule has 0 atom stereocenters.